The van der Waals surface area contributed by atoms with E-state index in [9.17, 15) is 4.79 Å². The zero-order chi connectivity index (χ0) is 12.8. The fraction of sp³-hybridized carbons (Fsp3) is 0.917. The Balaban J connectivity index is 3.01. The molecule has 0 aliphatic heterocycles. The van der Waals surface area contributed by atoms with Gasteiger partial charge in [0.25, 0.3) is 0 Å². The van der Waals surface area contributed by atoms with Gasteiger partial charge in [0.2, 0.25) is 0 Å². The van der Waals surface area contributed by atoms with Gasteiger partial charge < -0.3 is 18.9 Å². The summed E-state index contributed by atoms with van der Waals surface area (Å²) < 4.78 is 20.5. The van der Waals surface area contributed by atoms with Gasteiger partial charge in [0.1, 0.15) is 0 Å². The van der Waals surface area contributed by atoms with Gasteiger partial charge in [0.05, 0.1) is 33.0 Å². The van der Waals surface area contributed by atoms with Crippen LogP contribution >= 0.6 is 0 Å². The molecule has 0 rings (SSSR count). The van der Waals surface area contributed by atoms with Crippen LogP contribution in [0.4, 0.5) is 0 Å². The average molecular weight is 248 g/mol. The van der Waals surface area contributed by atoms with Crippen LogP contribution in [-0.2, 0) is 23.7 Å². The lowest BCUT2D eigenvalue weighted by atomic mass is 10.3. The van der Waals surface area contributed by atoms with Crippen molar-refractivity contribution in [1.29, 1.82) is 0 Å². The lowest BCUT2D eigenvalue weighted by molar-refractivity contribution is -0.143. The van der Waals surface area contributed by atoms with E-state index in [0.29, 0.717) is 59.1 Å². The monoisotopic (exact) mass is 248 g/mol. The number of ether oxygens (including phenoxy) is 4. The van der Waals surface area contributed by atoms with E-state index in [4.69, 9.17) is 18.9 Å². The average Bonchev–Trinajstić information content (AvgIpc) is 2.32. The van der Waals surface area contributed by atoms with Crippen molar-refractivity contribution in [3.8, 4) is 0 Å². The van der Waals surface area contributed by atoms with E-state index >= 15 is 0 Å². The highest BCUT2D eigenvalue weighted by atomic mass is 16.5. The molecule has 0 aromatic carbocycles. The molecule has 0 aliphatic carbocycles. The van der Waals surface area contributed by atoms with Crippen LogP contribution in [0.25, 0.3) is 0 Å². The van der Waals surface area contributed by atoms with Gasteiger partial charge in [-0.25, -0.2) is 0 Å². The van der Waals surface area contributed by atoms with Gasteiger partial charge in [-0.05, 0) is 20.3 Å². The van der Waals surface area contributed by atoms with Crippen molar-refractivity contribution in [2.75, 3.05) is 46.2 Å². The van der Waals surface area contributed by atoms with Crippen LogP contribution in [0.2, 0.25) is 0 Å². The molecular weight excluding hydrogens is 224 g/mol. The van der Waals surface area contributed by atoms with Gasteiger partial charge in [0, 0.05) is 19.6 Å². The molecule has 0 bridgehead atoms. The number of rotatable bonds is 12. The smallest absolute Gasteiger partial charge is 0.305 e. The zero-order valence-corrected chi connectivity index (χ0v) is 10.9. The first kappa shape index (κ1) is 16.4. The maximum atomic E-state index is 11.0. The zero-order valence-electron chi connectivity index (χ0n) is 10.9. The maximum absolute atomic E-state index is 11.0. The highest BCUT2D eigenvalue weighted by Crippen LogP contribution is 1.93. The molecule has 0 fully saturated rings. The standard InChI is InChI=1S/C12H24O5/c1-3-14-8-9-16-11-10-15-7-5-6-12(13)17-4-2/h3-11H2,1-2H3. The number of esters is 1. The second-order valence-corrected chi connectivity index (χ2v) is 3.33. The van der Waals surface area contributed by atoms with Gasteiger partial charge in [0.15, 0.2) is 0 Å². The van der Waals surface area contributed by atoms with E-state index < -0.39 is 0 Å². The molecule has 0 N–H and O–H groups in total. The van der Waals surface area contributed by atoms with Crippen LogP contribution in [0, 0.1) is 0 Å². The summed E-state index contributed by atoms with van der Waals surface area (Å²) in [6.07, 6.45) is 1.11. The molecule has 0 atom stereocenters. The largest absolute Gasteiger partial charge is 0.466 e. The molecule has 0 aromatic heterocycles. The summed E-state index contributed by atoms with van der Waals surface area (Å²) >= 11 is 0. The van der Waals surface area contributed by atoms with Gasteiger partial charge in [-0.2, -0.15) is 0 Å². The van der Waals surface area contributed by atoms with E-state index in [1.54, 1.807) is 6.92 Å². The van der Waals surface area contributed by atoms with Crippen molar-refractivity contribution >= 4 is 5.97 Å². The summed E-state index contributed by atoms with van der Waals surface area (Å²) in [5.41, 5.74) is 0. The first-order chi connectivity index (χ1) is 8.31. The number of carbonyl (C=O) groups is 1. The maximum Gasteiger partial charge on any atom is 0.305 e. The summed E-state index contributed by atoms with van der Waals surface area (Å²) in [4.78, 5) is 11.0. The van der Waals surface area contributed by atoms with Crippen molar-refractivity contribution in [2.45, 2.75) is 26.7 Å². The van der Waals surface area contributed by atoms with Crippen LogP contribution in [0.1, 0.15) is 26.7 Å². The lowest BCUT2D eigenvalue weighted by Crippen LogP contribution is -2.10. The van der Waals surface area contributed by atoms with E-state index in [-0.39, 0.29) is 5.97 Å². The lowest BCUT2D eigenvalue weighted by Gasteiger charge is -2.06. The summed E-state index contributed by atoms with van der Waals surface area (Å²) in [5.74, 6) is -0.163. The van der Waals surface area contributed by atoms with Crippen molar-refractivity contribution in [3.63, 3.8) is 0 Å². The minimum atomic E-state index is -0.163. The van der Waals surface area contributed by atoms with E-state index in [1.807, 2.05) is 6.92 Å². The summed E-state index contributed by atoms with van der Waals surface area (Å²) in [7, 11) is 0. The number of hydrogen-bond acceptors (Lipinski definition) is 5. The van der Waals surface area contributed by atoms with Crippen LogP contribution in [0.15, 0.2) is 0 Å². The van der Waals surface area contributed by atoms with Gasteiger partial charge in [-0.3, -0.25) is 4.79 Å². The van der Waals surface area contributed by atoms with Gasteiger partial charge >= 0.3 is 5.97 Å². The first-order valence-corrected chi connectivity index (χ1v) is 6.20. The summed E-state index contributed by atoms with van der Waals surface area (Å²) in [5, 5.41) is 0. The van der Waals surface area contributed by atoms with Crippen LogP contribution < -0.4 is 0 Å². The Bertz CT molecular complexity index is 172. The normalized spacial score (nSPS) is 10.5. The molecule has 5 nitrogen and oxygen atoms in total. The Morgan fingerprint density at radius 2 is 1.41 bits per heavy atom. The molecule has 102 valence electrons. The SMILES string of the molecule is CCOCCOCCOCCCC(=O)OCC. The van der Waals surface area contributed by atoms with E-state index in [0.717, 1.165) is 0 Å². The van der Waals surface area contributed by atoms with E-state index in [2.05, 4.69) is 0 Å². The molecule has 0 unspecified atom stereocenters. The van der Waals surface area contributed by atoms with Crippen LogP contribution in [0.5, 0.6) is 0 Å². The molecule has 0 radical (unpaired) electrons. The summed E-state index contributed by atoms with van der Waals surface area (Å²) in [6.45, 7) is 7.80. The third kappa shape index (κ3) is 13.3. The van der Waals surface area contributed by atoms with Crippen molar-refractivity contribution < 1.29 is 23.7 Å². The summed E-state index contributed by atoms with van der Waals surface area (Å²) in [6, 6.07) is 0. The van der Waals surface area contributed by atoms with Gasteiger partial charge in [-0.1, -0.05) is 0 Å². The van der Waals surface area contributed by atoms with Crippen molar-refractivity contribution in [2.24, 2.45) is 0 Å². The topological polar surface area (TPSA) is 54.0 Å². The Kier molecular flexibility index (Phi) is 12.9. The molecular formula is C12H24O5. The molecule has 0 amide bonds. The molecule has 5 heteroatoms. The number of hydrogen-bond donors (Lipinski definition) is 0. The Morgan fingerprint density at radius 1 is 0.824 bits per heavy atom. The Labute approximate surface area is 103 Å². The quantitative estimate of drug-likeness (QED) is 0.386. The second-order valence-electron chi connectivity index (χ2n) is 3.33. The third-order valence-electron chi connectivity index (χ3n) is 1.92. The first-order valence-electron chi connectivity index (χ1n) is 6.20. The molecule has 0 aromatic rings. The highest BCUT2D eigenvalue weighted by Gasteiger charge is 2.00. The Hall–Kier alpha value is -0.650. The Morgan fingerprint density at radius 3 is 2.00 bits per heavy atom. The highest BCUT2D eigenvalue weighted by molar-refractivity contribution is 5.69. The minimum Gasteiger partial charge on any atom is -0.466 e. The minimum absolute atomic E-state index is 0.163. The van der Waals surface area contributed by atoms with Crippen LogP contribution in [0.3, 0.4) is 0 Å². The number of carbonyl (C=O) groups excluding carboxylic acids is 1. The molecule has 17 heavy (non-hydrogen) atoms. The van der Waals surface area contributed by atoms with Gasteiger partial charge in [-0.15, -0.1) is 0 Å². The van der Waals surface area contributed by atoms with Crippen molar-refractivity contribution in [1.82, 2.24) is 0 Å². The third-order valence-corrected chi connectivity index (χ3v) is 1.92. The molecule has 0 spiro atoms. The fourth-order valence-electron chi connectivity index (χ4n) is 1.14. The predicted octanol–water partition coefficient (Wildman–Crippen LogP) is 1.40. The second kappa shape index (κ2) is 13.4. The molecule has 0 saturated carbocycles. The van der Waals surface area contributed by atoms with Crippen LogP contribution in [-0.4, -0.2) is 52.2 Å². The predicted molar refractivity (Wildman–Crippen MR) is 64.0 cm³/mol. The van der Waals surface area contributed by atoms with Crippen molar-refractivity contribution in [3.05, 3.63) is 0 Å². The molecule has 0 aliphatic rings. The molecule has 0 saturated heterocycles. The van der Waals surface area contributed by atoms with E-state index in [1.165, 1.54) is 0 Å². The fourth-order valence-corrected chi connectivity index (χ4v) is 1.14. The molecule has 0 heterocycles.